The van der Waals surface area contributed by atoms with Crippen molar-refractivity contribution < 1.29 is 18.3 Å². The van der Waals surface area contributed by atoms with Gasteiger partial charge in [0.2, 0.25) is 10.0 Å². The number of aromatic carboxylic acids is 1. The van der Waals surface area contributed by atoms with Crippen LogP contribution in [0.5, 0.6) is 0 Å². The molecule has 0 saturated carbocycles. The van der Waals surface area contributed by atoms with E-state index in [1.54, 1.807) is 6.07 Å². The molecule has 1 aromatic carbocycles. The fourth-order valence-corrected chi connectivity index (χ4v) is 3.88. The minimum atomic E-state index is -3.73. The van der Waals surface area contributed by atoms with Crippen molar-refractivity contribution in [2.75, 3.05) is 13.1 Å². The predicted octanol–water partition coefficient (Wildman–Crippen LogP) is 2.53. The van der Waals surface area contributed by atoms with Crippen LogP contribution in [-0.2, 0) is 16.4 Å². The first kappa shape index (κ1) is 17.4. The molecule has 0 atom stereocenters. The van der Waals surface area contributed by atoms with Crippen molar-refractivity contribution in [3.63, 3.8) is 0 Å². The number of hydrogen-bond donors (Lipinski definition) is 1. The minimum Gasteiger partial charge on any atom is -0.478 e. The van der Waals surface area contributed by atoms with Gasteiger partial charge in [0.1, 0.15) is 0 Å². The highest BCUT2D eigenvalue weighted by atomic mass is 32.2. The van der Waals surface area contributed by atoms with E-state index in [-0.39, 0.29) is 17.0 Å². The number of sulfonamides is 1. The smallest absolute Gasteiger partial charge is 0.335 e. The van der Waals surface area contributed by atoms with Gasteiger partial charge < -0.3 is 5.11 Å². The molecule has 0 bridgehead atoms. The first-order valence-electron chi connectivity index (χ1n) is 6.85. The van der Waals surface area contributed by atoms with E-state index in [1.807, 2.05) is 13.8 Å². The molecule has 1 rings (SSSR count). The van der Waals surface area contributed by atoms with Crippen LogP contribution >= 0.6 is 0 Å². The maximum absolute atomic E-state index is 12.8. The summed E-state index contributed by atoms with van der Waals surface area (Å²) in [5, 5.41) is 9.06. The third-order valence-corrected chi connectivity index (χ3v) is 5.07. The highest BCUT2D eigenvalue weighted by Crippen LogP contribution is 2.23. The normalized spacial score (nSPS) is 11.6. The SMILES string of the molecule is C=CCN(CCC)S(=O)(=O)c1cc(C(=O)O)ccc1CC. The second kappa shape index (κ2) is 7.38. The van der Waals surface area contributed by atoms with Crippen molar-refractivity contribution in [3.8, 4) is 0 Å². The van der Waals surface area contributed by atoms with Crippen LogP contribution in [0.15, 0.2) is 35.7 Å². The van der Waals surface area contributed by atoms with Crippen molar-refractivity contribution in [1.29, 1.82) is 0 Å². The summed E-state index contributed by atoms with van der Waals surface area (Å²) in [5.74, 6) is -1.14. The van der Waals surface area contributed by atoms with Gasteiger partial charge in [-0.15, -0.1) is 6.58 Å². The molecule has 0 aliphatic carbocycles. The Labute approximate surface area is 126 Å². The van der Waals surface area contributed by atoms with Crippen molar-refractivity contribution in [3.05, 3.63) is 42.0 Å². The number of aryl methyl sites for hydroxylation is 1. The zero-order valence-electron chi connectivity index (χ0n) is 12.4. The van der Waals surface area contributed by atoms with E-state index >= 15 is 0 Å². The molecule has 0 aliphatic rings. The molecule has 5 nitrogen and oxygen atoms in total. The number of hydrogen-bond acceptors (Lipinski definition) is 3. The summed E-state index contributed by atoms with van der Waals surface area (Å²) in [6.45, 7) is 7.88. The van der Waals surface area contributed by atoms with Crippen LogP contribution in [0.3, 0.4) is 0 Å². The Kier molecular flexibility index (Phi) is 6.11. The standard InChI is InChI=1S/C15H21NO4S/c1-4-9-16(10-5-2)21(19,20)14-11-13(15(17)18)8-7-12(14)6-3/h4,7-8,11H,1,5-6,9-10H2,2-3H3,(H,17,18). The highest BCUT2D eigenvalue weighted by molar-refractivity contribution is 7.89. The Balaban J connectivity index is 3.42. The van der Waals surface area contributed by atoms with E-state index in [2.05, 4.69) is 6.58 Å². The van der Waals surface area contributed by atoms with Crippen LogP contribution in [0.2, 0.25) is 0 Å². The van der Waals surface area contributed by atoms with E-state index in [4.69, 9.17) is 5.11 Å². The summed E-state index contributed by atoms with van der Waals surface area (Å²) in [5.41, 5.74) is 0.589. The number of carboxylic acid groups (broad SMARTS) is 1. The Bertz CT molecular complexity index is 623. The van der Waals surface area contributed by atoms with Crippen LogP contribution in [0.4, 0.5) is 0 Å². The largest absolute Gasteiger partial charge is 0.478 e. The molecular weight excluding hydrogens is 290 g/mol. The molecule has 0 radical (unpaired) electrons. The van der Waals surface area contributed by atoms with Gasteiger partial charge in [-0.3, -0.25) is 0 Å². The second-order valence-electron chi connectivity index (χ2n) is 4.63. The second-order valence-corrected chi connectivity index (χ2v) is 6.54. The van der Waals surface area contributed by atoms with E-state index in [9.17, 15) is 13.2 Å². The molecule has 6 heteroatoms. The quantitative estimate of drug-likeness (QED) is 0.749. The van der Waals surface area contributed by atoms with Gasteiger partial charge in [-0.25, -0.2) is 13.2 Å². The molecular formula is C15H21NO4S. The van der Waals surface area contributed by atoms with Crippen LogP contribution < -0.4 is 0 Å². The minimum absolute atomic E-state index is 0.0270. The topological polar surface area (TPSA) is 74.7 Å². The zero-order chi connectivity index (χ0) is 16.0. The summed E-state index contributed by atoms with van der Waals surface area (Å²) in [7, 11) is -3.73. The summed E-state index contributed by atoms with van der Waals surface area (Å²) in [6.07, 6.45) is 2.72. The average Bonchev–Trinajstić information content (AvgIpc) is 2.46. The zero-order valence-corrected chi connectivity index (χ0v) is 13.2. The third-order valence-electron chi connectivity index (χ3n) is 3.12. The molecule has 0 heterocycles. The van der Waals surface area contributed by atoms with Gasteiger partial charge >= 0.3 is 5.97 Å². The molecule has 0 fully saturated rings. The molecule has 0 aromatic heterocycles. The monoisotopic (exact) mass is 311 g/mol. The van der Waals surface area contributed by atoms with Gasteiger partial charge in [-0.05, 0) is 30.5 Å². The molecule has 0 aliphatic heterocycles. The lowest BCUT2D eigenvalue weighted by Crippen LogP contribution is -2.32. The maximum atomic E-state index is 12.8. The molecule has 0 unspecified atom stereocenters. The van der Waals surface area contributed by atoms with Gasteiger partial charge in [-0.2, -0.15) is 4.31 Å². The number of rotatable bonds is 8. The number of benzene rings is 1. The predicted molar refractivity (Wildman–Crippen MR) is 82.0 cm³/mol. The Morgan fingerprint density at radius 1 is 1.38 bits per heavy atom. The maximum Gasteiger partial charge on any atom is 0.335 e. The summed E-state index contributed by atoms with van der Waals surface area (Å²) >= 11 is 0. The van der Waals surface area contributed by atoms with E-state index < -0.39 is 16.0 Å². The molecule has 0 saturated heterocycles. The van der Waals surface area contributed by atoms with Crippen LogP contribution in [-0.4, -0.2) is 36.9 Å². The van der Waals surface area contributed by atoms with Crippen LogP contribution in [0, 0.1) is 0 Å². The first-order chi connectivity index (χ1) is 9.88. The molecule has 21 heavy (non-hydrogen) atoms. The summed E-state index contributed by atoms with van der Waals surface area (Å²) in [4.78, 5) is 11.1. The average molecular weight is 311 g/mol. The van der Waals surface area contributed by atoms with Gasteiger partial charge in [0, 0.05) is 13.1 Å². The molecule has 1 N–H and O–H groups in total. The Hall–Kier alpha value is -1.66. The van der Waals surface area contributed by atoms with Crippen LogP contribution in [0.1, 0.15) is 36.2 Å². The van der Waals surface area contributed by atoms with E-state index in [0.29, 0.717) is 24.9 Å². The van der Waals surface area contributed by atoms with Crippen molar-refractivity contribution >= 4 is 16.0 Å². The fourth-order valence-electron chi connectivity index (χ4n) is 2.06. The van der Waals surface area contributed by atoms with Crippen molar-refractivity contribution in [2.45, 2.75) is 31.6 Å². The molecule has 0 amide bonds. The highest BCUT2D eigenvalue weighted by Gasteiger charge is 2.26. The van der Waals surface area contributed by atoms with E-state index in [0.717, 1.165) is 0 Å². The lowest BCUT2D eigenvalue weighted by atomic mass is 10.1. The Morgan fingerprint density at radius 3 is 2.52 bits per heavy atom. The van der Waals surface area contributed by atoms with Gasteiger partial charge in [-0.1, -0.05) is 26.0 Å². The summed E-state index contributed by atoms with van der Waals surface area (Å²) in [6, 6.07) is 4.23. The summed E-state index contributed by atoms with van der Waals surface area (Å²) < 4.78 is 26.8. The molecule has 116 valence electrons. The van der Waals surface area contributed by atoms with E-state index in [1.165, 1.54) is 22.5 Å². The van der Waals surface area contributed by atoms with Gasteiger partial charge in [0.05, 0.1) is 10.5 Å². The van der Waals surface area contributed by atoms with Crippen molar-refractivity contribution in [2.24, 2.45) is 0 Å². The van der Waals surface area contributed by atoms with Crippen molar-refractivity contribution in [1.82, 2.24) is 4.31 Å². The number of nitrogens with zero attached hydrogens (tertiary/aromatic N) is 1. The Morgan fingerprint density at radius 2 is 2.05 bits per heavy atom. The first-order valence-corrected chi connectivity index (χ1v) is 8.29. The molecule has 0 spiro atoms. The number of carbonyl (C=O) groups is 1. The third kappa shape index (κ3) is 3.92. The van der Waals surface area contributed by atoms with Gasteiger partial charge in [0.15, 0.2) is 0 Å². The lowest BCUT2D eigenvalue weighted by Gasteiger charge is -2.21. The molecule has 1 aromatic rings. The van der Waals surface area contributed by atoms with Crippen LogP contribution in [0.25, 0.3) is 0 Å². The van der Waals surface area contributed by atoms with Gasteiger partial charge in [0.25, 0.3) is 0 Å². The lowest BCUT2D eigenvalue weighted by molar-refractivity contribution is 0.0696. The number of carboxylic acids is 1. The fraction of sp³-hybridized carbons (Fsp3) is 0.400.